The number of halogens is 2. The van der Waals surface area contributed by atoms with Gasteiger partial charge in [0.05, 0.1) is 11.2 Å². The van der Waals surface area contributed by atoms with Gasteiger partial charge in [-0.05, 0) is 18.2 Å². The molecule has 0 atom stereocenters. The highest BCUT2D eigenvalue weighted by atomic mass is 35.5. The quantitative estimate of drug-likeness (QED) is 0.868. The van der Waals surface area contributed by atoms with Gasteiger partial charge < -0.3 is 10.1 Å². The first-order valence-corrected chi connectivity index (χ1v) is 5.07. The molecule has 0 spiro atoms. The molecular weight excluding hydrogens is 251 g/mol. The minimum Gasteiger partial charge on any atom is -0.477 e. The number of hydrogen-bond donors (Lipinski definition) is 2. The lowest BCUT2D eigenvalue weighted by Gasteiger charge is -2.00. The number of hydrogen-bond acceptors (Lipinski definition) is 2. The molecule has 1 heterocycles. The minimum absolute atomic E-state index is 0.0148. The molecular formula is C10H6Cl2N2O2. The SMILES string of the molecule is O=C(O)c1cnc(-c2ccc(Cl)cc2Cl)[nH]1. The number of carbonyl (C=O) groups is 1. The first-order valence-electron chi connectivity index (χ1n) is 4.31. The second kappa shape index (κ2) is 4.15. The lowest BCUT2D eigenvalue weighted by molar-refractivity contribution is 0.0691. The zero-order valence-corrected chi connectivity index (χ0v) is 9.38. The molecule has 0 saturated heterocycles. The second-order valence-electron chi connectivity index (χ2n) is 3.07. The van der Waals surface area contributed by atoms with Crippen LogP contribution in [0, 0.1) is 0 Å². The summed E-state index contributed by atoms with van der Waals surface area (Å²) in [7, 11) is 0. The summed E-state index contributed by atoms with van der Waals surface area (Å²) in [5.41, 5.74) is 0.625. The van der Waals surface area contributed by atoms with Crippen LogP contribution in [0.2, 0.25) is 10.0 Å². The van der Waals surface area contributed by atoms with Crippen molar-refractivity contribution < 1.29 is 9.90 Å². The molecule has 0 aliphatic heterocycles. The third-order valence-corrected chi connectivity index (χ3v) is 2.54. The predicted molar refractivity (Wildman–Crippen MR) is 61.0 cm³/mol. The third kappa shape index (κ3) is 2.03. The van der Waals surface area contributed by atoms with Gasteiger partial charge in [0.25, 0.3) is 0 Å². The van der Waals surface area contributed by atoms with E-state index in [1.807, 2.05) is 0 Å². The Labute approximate surface area is 101 Å². The monoisotopic (exact) mass is 256 g/mol. The van der Waals surface area contributed by atoms with Crippen LogP contribution in [0.3, 0.4) is 0 Å². The van der Waals surface area contributed by atoms with Crippen LogP contribution < -0.4 is 0 Å². The molecule has 0 amide bonds. The summed E-state index contributed by atoms with van der Waals surface area (Å²) in [5.74, 6) is -0.664. The Morgan fingerprint density at radius 2 is 2.12 bits per heavy atom. The van der Waals surface area contributed by atoms with Crippen molar-refractivity contribution in [2.75, 3.05) is 0 Å². The van der Waals surface area contributed by atoms with Crippen molar-refractivity contribution in [1.82, 2.24) is 9.97 Å². The molecule has 2 aromatic rings. The van der Waals surface area contributed by atoms with Gasteiger partial charge in [0.15, 0.2) is 0 Å². The standard InChI is InChI=1S/C10H6Cl2N2O2/c11-5-1-2-6(7(12)3-5)9-13-4-8(14-9)10(15)16/h1-4H,(H,13,14)(H,15,16). The number of imidazole rings is 1. The van der Waals surface area contributed by atoms with Crippen LogP contribution in [0.5, 0.6) is 0 Å². The van der Waals surface area contributed by atoms with Gasteiger partial charge in [0.1, 0.15) is 11.5 Å². The fraction of sp³-hybridized carbons (Fsp3) is 0. The number of H-pyrrole nitrogens is 1. The molecule has 0 unspecified atom stereocenters. The van der Waals surface area contributed by atoms with Crippen LogP contribution in [-0.2, 0) is 0 Å². The summed E-state index contributed by atoms with van der Waals surface area (Å²) in [5, 5.41) is 9.66. The van der Waals surface area contributed by atoms with E-state index in [0.717, 1.165) is 0 Å². The molecule has 1 aromatic carbocycles. The number of aromatic nitrogens is 2. The molecule has 0 saturated carbocycles. The average Bonchev–Trinajstić information content (AvgIpc) is 2.66. The minimum atomic E-state index is -1.07. The van der Waals surface area contributed by atoms with Gasteiger partial charge in [-0.2, -0.15) is 0 Å². The normalized spacial score (nSPS) is 10.4. The van der Waals surface area contributed by atoms with E-state index < -0.39 is 5.97 Å². The zero-order valence-electron chi connectivity index (χ0n) is 7.87. The molecule has 0 fully saturated rings. The lowest BCUT2D eigenvalue weighted by atomic mass is 10.2. The lowest BCUT2D eigenvalue weighted by Crippen LogP contribution is -1.95. The van der Waals surface area contributed by atoms with Crippen molar-refractivity contribution in [1.29, 1.82) is 0 Å². The zero-order chi connectivity index (χ0) is 11.7. The van der Waals surface area contributed by atoms with Gasteiger partial charge >= 0.3 is 5.97 Å². The van der Waals surface area contributed by atoms with Crippen molar-refractivity contribution in [3.63, 3.8) is 0 Å². The fourth-order valence-corrected chi connectivity index (χ4v) is 1.75. The van der Waals surface area contributed by atoms with E-state index in [9.17, 15) is 4.79 Å². The summed E-state index contributed by atoms with van der Waals surface area (Å²) in [6, 6.07) is 4.91. The highest BCUT2D eigenvalue weighted by Gasteiger charge is 2.11. The molecule has 0 bridgehead atoms. The van der Waals surface area contributed by atoms with Gasteiger partial charge in [-0.3, -0.25) is 0 Å². The fourth-order valence-electron chi connectivity index (χ4n) is 1.25. The number of aromatic amines is 1. The average molecular weight is 257 g/mol. The van der Waals surface area contributed by atoms with Gasteiger partial charge in [0, 0.05) is 10.6 Å². The van der Waals surface area contributed by atoms with E-state index in [1.54, 1.807) is 18.2 Å². The number of aromatic carboxylic acids is 1. The van der Waals surface area contributed by atoms with Crippen LogP contribution in [0.25, 0.3) is 11.4 Å². The largest absolute Gasteiger partial charge is 0.477 e. The van der Waals surface area contributed by atoms with Crippen molar-refractivity contribution in [3.8, 4) is 11.4 Å². The number of carboxylic acid groups (broad SMARTS) is 1. The van der Waals surface area contributed by atoms with E-state index in [1.165, 1.54) is 6.20 Å². The molecule has 2 N–H and O–H groups in total. The molecule has 1 aromatic heterocycles. The van der Waals surface area contributed by atoms with E-state index in [0.29, 0.717) is 21.4 Å². The summed E-state index contributed by atoms with van der Waals surface area (Å²) < 4.78 is 0. The summed E-state index contributed by atoms with van der Waals surface area (Å²) in [6.07, 6.45) is 1.24. The summed E-state index contributed by atoms with van der Waals surface area (Å²) in [6.45, 7) is 0. The number of nitrogens with zero attached hydrogens (tertiary/aromatic N) is 1. The van der Waals surface area contributed by atoms with E-state index in [-0.39, 0.29) is 5.69 Å². The molecule has 2 rings (SSSR count). The Bertz CT molecular complexity index is 552. The van der Waals surface area contributed by atoms with Crippen molar-refractivity contribution >= 4 is 29.2 Å². The van der Waals surface area contributed by atoms with E-state index in [4.69, 9.17) is 28.3 Å². The van der Waals surface area contributed by atoms with Gasteiger partial charge in [-0.1, -0.05) is 23.2 Å². The Hall–Kier alpha value is -1.52. The van der Waals surface area contributed by atoms with Crippen LogP contribution in [0.4, 0.5) is 0 Å². The van der Waals surface area contributed by atoms with E-state index in [2.05, 4.69) is 9.97 Å². The Morgan fingerprint density at radius 3 is 2.69 bits per heavy atom. The second-order valence-corrected chi connectivity index (χ2v) is 3.92. The third-order valence-electron chi connectivity index (χ3n) is 1.99. The highest BCUT2D eigenvalue weighted by molar-refractivity contribution is 6.36. The topological polar surface area (TPSA) is 66.0 Å². The molecule has 16 heavy (non-hydrogen) atoms. The molecule has 0 radical (unpaired) electrons. The molecule has 6 heteroatoms. The maximum absolute atomic E-state index is 10.7. The maximum Gasteiger partial charge on any atom is 0.353 e. The first kappa shape index (κ1) is 11.0. The number of carboxylic acids is 1. The van der Waals surface area contributed by atoms with E-state index >= 15 is 0 Å². The van der Waals surface area contributed by atoms with Crippen LogP contribution in [-0.4, -0.2) is 21.0 Å². The Balaban J connectivity index is 2.46. The maximum atomic E-state index is 10.7. The van der Waals surface area contributed by atoms with Crippen LogP contribution >= 0.6 is 23.2 Å². The van der Waals surface area contributed by atoms with Gasteiger partial charge in [0.2, 0.25) is 0 Å². The molecule has 0 aliphatic carbocycles. The van der Waals surface area contributed by atoms with Gasteiger partial charge in [-0.25, -0.2) is 9.78 Å². The number of benzene rings is 1. The Kier molecular flexibility index (Phi) is 2.85. The van der Waals surface area contributed by atoms with Crippen LogP contribution in [0.1, 0.15) is 10.5 Å². The highest BCUT2D eigenvalue weighted by Crippen LogP contribution is 2.28. The first-order chi connectivity index (χ1) is 7.58. The van der Waals surface area contributed by atoms with Crippen molar-refractivity contribution in [2.45, 2.75) is 0 Å². The molecule has 82 valence electrons. The summed E-state index contributed by atoms with van der Waals surface area (Å²) >= 11 is 11.7. The van der Waals surface area contributed by atoms with Crippen molar-refractivity contribution in [3.05, 3.63) is 40.1 Å². The summed E-state index contributed by atoms with van der Waals surface area (Å²) in [4.78, 5) is 17.2. The smallest absolute Gasteiger partial charge is 0.353 e. The number of rotatable bonds is 2. The predicted octanol–water partition coefficient (Wildman–Crippen LogP) is 3.08. The number of nitrogens with one attached hydrogen (secondary N) is 1. The van der Waals surface area contributed by atoms with Crippen molar-refractivity contribution in [2.24, 2.45) is 0 Å². The van der Waals surface area contributed by atoms with Gasteiger partial charge in [-0.15, -0.1) is 0 Å². The Morgan fingerprint density at radius 1 is 1.38 bits per heavy atom. The molecule has 0 aliphatic rings. The van der Waals surface area contributed by atoms with Crippen LogP contribution in [0.15, 0.2) is 24.4 Å². The molecule has 4 nitrogen and oxygen atoms in total.